The molecular formula is C11H13N4O4+. The molecule has 0 saturated carbocycles. The first-order chi connectivity index (χ1) is 8.96. The van der Waals surface area contributed by atoms with Gasteiger partial charge in [-0.25, -0.2) is 5.21 Å². The van der Waals surface area contributed by atoms with E-state index in [4.69, 9.17) is 15.2 Å². The molecule has 2 N–H and O–H groups in total. The van der Waals surface area contributed by atoms with Crippen LogP contribution in [0.25, 0.3) is 0 Å². The molecule has 8 nitrogen and oxygen atoms in total. The molecule has 0 radical (unpaired) electrons. The summed E-state index contributed by atoms with van der Waals surface area (Å²) in [7, 11) is 0. The van der Waals surface area contributed by atoms with Crippen molar-refractivity contribution in [3.63, 3.8) is 0 Å². The smallest absolute Gasteiger partial charge is 0.295 e. The molecule has 0 atom stereocenters. The van der Waals surface area contributed by atoms with Gasteiger partial charge >= 0.3 is 0 Å². The van der Waals surface area contributed by atoms with Crippen LogP contribution in [0.3, 0.4) is 0 Å². The van der Waals surface area contributed by atoms with Crippen LogP contribution >= 0.6 is 0 Å². The summed E-state index contributed by atoms with van der Waals surface area (Å²) in [6.45, 7) is 3.17. The lowest BCUT2D eigenvalue weighted by atomic mass is 10.2. The number of nitrogens with zero attached hydrogens (tertiary/aromatic N) is 4. The maximum atomic E-state index is 10.5. The first kappa shape index (κ1) is 14.2. The van der Waals surface area contributed by atoms with E-state index in [-0.39, 0.29) is 11.4 Å². The first-order valence-corrected chi connectivity index (χ1v) is 5.22. The third-order valence-corrected chi connectivity index (χ3v) is 2.35. The van der Waals surface area contributed by atoms with Crippen molar-refractivity contribution < 1.29 is 24.9 Å². The van der Waals surface area contributed by atoms with E-state index in [2.05, 4.69) is 5.28 Å². The highest BCUT2D eigenvalue weighted by Crippen LogP contribution is 2.25. The van der Waals surface area contributed by atoms with Gasteiger partial charge in [0.15, 0.2) is 0 Å². The normalized spacial score (nSPS) is 11.5. The average Bonchev–Trinajstić information content (AvgIpc) is 2.39. The molecular weight excluding hydrogens is 252 g/mol. The number of benzene rings is 1. The lowest BCUT2D eigenvalue weighted by Crippen LogP contribution is -2.50. The van der Waals surface area contributed by atoms with Crippen molar-refractivity contribution in [2.75, 3.05) is 5.01 Å². The zero-order valence-electron chi connectivity index (χ0n) is 10.4. The summed E-state index contributed by atoms with van der Waals surface area (Å²) in [5.74, 6) is 0. The molecule has 0 aliphatic carbocycles. The van der Waals surface area contributed by atoms with Gasteiger partial charge in [-0.15, -0.1) is 0 Å². The molecule has 0 aliphatic rings. The van der Waals surface area contributed by atoms with E-state index in [1.807, 2.05) is 6.07 Å². The maximum Gasteiger partial charge on any atom is 0.295 e. The minimum atomic E-state index is -1.31. The summed E-state index contributed by atoms with van der Waals surface area (Å²) >= 11 is 0. The fourth-order valence-electron chi connectivity index (χ4n) is 1.51. The Labute approximate surface area is 109 Å². The van der Waals surface area contributed by atoms with Crippen molar-refractivity contribution in [3.05, 3.63) is 29.8 Å². The molecule has 0 spiro atoms. The van der Waals surface area contributed by atoms with Crippen LogP contribution in [0.2, 0.25) is 0 Å². The number of carbonyl (C=O) groups excluding carboxylic acids is 1. The van der Waals surface area contributed by atoms with Gasteiger partial charge in [-0.05, 0) is 29.3 Å². The van der Waals surface area contributed by atoms with E-state index in [1.54, 1.807) is 0 Å². The molecule has 0 amide bonds. The number of hydrogen-bond acceptors (Lipinski definition) is 4. The molecule has 0 aliphatic heterocycles. The fraction of sp³-hybridized carbons (Fsp3) is 0.273. The third kappa shape index (κ3) is 3.10. The number of hydrogen-bond donors (Lipinski definition) is 2. The molecule has 0 heterocycles. The van der Waals surface area contributed by atoms with E-state index < -0.39 is 5.72 Å². The molecule has 100 valence electrons. The Morgan fingerprint density at radius 2 is 2.05 bits per heavy atom. The van der Waals surface area contributed by atoms with Gasteiger partial charge in [-0.1, -0.05) is 0 Å². The molecule has 1 rings (SSSR count). The molecule has 0 unspecified atom stereocenters. The summed E-state index contributed by atoms with van der Waals surface area (Å²) in [4.78, 5) is 10.6. The van der Waals surface area contributed by atoms with Crippen LogP contribution in [0.15, 0.2) is 29.5 Å². The van der Waals surface area contributed by atoms with E-state index in [0.29, 0.717) is 11.3 Å². The van der Waals surface area contributed by atoms with Crippen molar-refractivity contribution in [1.29, 1.82) is 5.26 Å². The topological polar surface area (TPSA) is 109 Å². The van der Waals surface area contributed by atoms with E-state index in [0.717, 1.165) is 5.01 Å². The summed E-state index contributed by atoms with van der Waals surface area (Å²) in [5, 5.41) is 30.5. The van der Waals surface area contributed by atoms with Crippen LogP contribution < -0.4 is 5.01 Å². The standard InChI is InChI=1S/C11H12N4O4/c1-11(2,19-8-16)14(15(18)13-17)10-5-3-9(7-12)4-6-10/h3-6,8,18H,1-2H3/p+1. The highest BCUT2D eigenvalue weighted by atomic mass is 16.6. The largest absolute Gasteiger partial charge is 0.436 e. The third-order valence-electron chi connectivity index (χ3n) is 2.35. The Morgan fingerprint density at radius 1 is 1.47 bits per heavy atom. The fourth-order valence-corrected chi connectivity index (χ4v) is 1.51. The number of carbonyl (C=O) groups is 1. The number of anilines is 1. The second-order valence-electron chi connectivity index (χ2n) is 3.99. The lowest BCUT2D eigenvalue weighted by Gasteiger charge is -2.27. The van der Waals surface area contributed by atoms with Crippen molar-refractivity contribution in [1.82, 2.24) is 0 Å². The Kier molecular flexibility index (Phi) is 4.26. The zero-order chi connectivity index (χ0) is 14.5. The van der Waals surface area contributed by atoms with Gasteiger partial charge in [0.25, 0.3) is 16.7 Å². The van der Waals surface area contributed by atoms with E-state index in [1.165, 1.54) is 38.1 Å². The number of ether oxygens (including phenoxy) is 1. The molecule has 0 saturated heterocycles. The van der Waals surface area contributed by atoms with Crippen LogP contribution in [-0.4, -0.2) is 27.6 Å². The van der Waals surface area contributed by atoms with Crippen molar-refractivity contribution in [2.45, 2.75) is 19.6 Å². The molecule has 0 aromatic heterocycles. The van der Waals surface area contributed by atoms with Gasteiger partial charge < -0.3 is 9.94 Å². The van der Waals surface area contributed by atoms with Gasteiger partial charge in [0, 0.05) is 13.8 Å². The highest BCUT2D eigenvalue weighted by Gasteiger charge is 2.40. The van der Waals surface area contributed by atoms with Crippen LogP contribution in [0.4, 0.5) is 5.69 Å². The Bertz CT molecular complexity index is 518. The SMILES string of the molecule is CC(C)(OC=O)N(c1ccc(C#N)cc1)[N+](O)=NO. The summed E-state index contributed by atoms with van der Waals surface area (Å²) in [6, 6.07) is 7.96. The Hall–Kier alpha value is -2.82. The molecule has 1 aromatic rings. The quantitative estimate of drug-likeness (QED) is 0.274. The summed E-state index contributed by atoms with van der Waals surface area (Å²) in [6.07, 6.45) is 0. The average molecular weight is 265 g/mol. The van der Waals surface area contributed by atoms with Crippen LogP contribution in [0, 0.1) is 11.3 Å². The second-order valence-corrected chi connectivity index (χ2v) is 3.99. The first-order valence-electron chi connectivity index (χ1n) is 5.22. The second kappa shape index (κ2) is 5.68. The van der Waals surface area contributed by atoms with Gasteiger partial charge in [-0.3, -0.25) is 4.79 Å². The molecule has 1 aromatic carbocycles. The Morgan fingerprint density at radius 3 is 2.47 bits per heavy atom. The van der Waals surface area contributed by atoms with E-state index in [9.17, 15) is 10.0 Å². The molecule has 19 heavy (non-hydrogen) atoms. The summed E-state index contributed by atoms with van der Waals surface area (Å²) < 4.78 is 4.83. The van der Waals surface area contributed by atoms with Crippen LogP contribution in [0.1, 0.15) is 19.4 Å². The number of hydrazine groups is 1. The van der Waals surface area contributed by atoms with Gasteiger partial charge in [0.05, 0.1) is 11.6 Å². The molecule has 0 fully saturated rings. The van der Waals surface area contributed by atoms with Crippen LogP contribution in [-0.2, 0) is 9.53 Å². The van der Waals surface area contributed by atoms with Gasteiger partial charge in [0.1, 0.15) is 5.69 Å². The van der Waals surface area contributed by atoms with Crippen molar-refractivity contribution in [2.24, 2.45) is 5.28 Å². The van der Waals surface area contributed by atoms with E-state index >= 15 is 0 Å². The summed E-state index contributed by atoms with van der Waals surface area (Å²) in [5.41, 5.74) is -0.536. The molecule has 8 heteroatoms. The van der Waals surface area contributed by atoms with Gasteiger partial charge in [0.2, 0.25) is 5.72 Å². The number of nitriles is 1. The minimum absolute atomic E-state index is 0.130. The molecule has 0 bridgehead atoms. The monoisotopic (exact) mass is 265 g/mol. The minimum Gasteiger partial charge on any atom is -0.436 e. The predicted molar refractivity (Wildman–Crippen MR) is 61.1 cm³/mol. The lowest BCUT2D eigenvalue weighted by molar-refractivity contribution is -0.851. The van der Waals surface area contributed by atoms with Gasteiger partial charge in [-0.2, -0.15) is 5.26 Å². The van der Waals surface area contributed by atoms with Crippen molar-refractivity contribution >= 4 is 12.2 Å². The zero-order valence-corrected chi connectivity index (χ0v) is 10.4. The highest BCUT2D eigenvalue weighted by molar-refractivity contribution is 5.49. The Balaban J connectivity index is 3.24. The van der Waals surface area contributed by atoms with Crippen molar-refractivity contribution in [3.8, 4) is 6.07 Å². The maximum absolute atomic E-state index is 10.5. The number of rotatable bonds is 5. The van der Waals surface area contributed by atoms with Crippen LogP contribution in [0.5, 0.6) is 0 Å². The predicted octanol–water partition coefficient (Wildman–Crippen LogP) is 1.43.